The molecule has 3 nitrogen and oxygen atoms in total. The molecule has 1 heterocycles. The molecule has 1 aromatic carbocycles. The second kappa shape index (κ2) is 3.33. The number of anilines is 1. The summed E-state index contributed by atoms with van der Waals surface area (Å²) in [4.78, 5) is 13.0. The highest BCUT2D eigenvalue weighted by atomic mass is 16.2. The molecule has 0 atom stereocenters. The number of nitrogen functional groups attached to an aromatic ring is 1. The highest BCUT2D eigenvalue weighted by Gasteiger charge is 2.17. The maximum Gasteiger partial charge on any atom is 0.219 e. The summed E-state index contributed by atoms with van der Waals surface area (Å²) < 4.78 is 0. The second-order valence-corrected chi connectivity index (χ2v) is 3.72. The van der Waals surface area contributed by atoms with Gasteiger partial charge in [-0.15, -0.1) is 0 Å². The molecular formula is C11H14N2O. The topological polar surface area (TPSA) is 46.3 Å². The molecule has 0 bridgehead atoms. The van der Waals surface area contributed by atoms with Crippen molar-refractivity contribution < 1.29 is 4.79 Å². The fourth-order valence-electron chi connectivity index (χ4n) is 1.85. The van der Waals surface area contributed by atoms with Crippen molar-refractivity contribution in [1.29, 1.82) is 0 Å². The van der Waals surface area contributed by atoms with Crippen molar-refractivity contribution >= 4 is 11.6 Å². The number of rotatable bonds is 0. The largest absolute Gasteiger partial charge is 0.399 e. The molecule has 14 heavy (non-hydrogen) atoms. The van der Waals surface area contributed by atoms with Gasteiger partial charge in [0.25, 0.3) is 0 Å². The summed E-state index contributed by atoms with van der Waals surface area (Å²) in [6, 6.07) is 5.94. The van der Waals surface area contributed by atoms with Crippen LogP contribution in [0.4, 0.5) is 5.69 Å². The van der Waals surface area contributed by atoms with Crippen molar-refractivity contribution in [3.63, 3.8) is 0 Å². The van der Waals surface area contributed by atoms with Gasteiger partial charge in [-0.2, -0.15) is 0 Å². The van der Waals surface area contributed by atoms with Gasteiger partial charge in [-0.25, -0.2) is 0 Å². The smallest absolute Gasteiger partial charge is 0.219 e. The van der Waals surface area contributed by atoms with Crippen LogP contribution in [-0.2, 0) is 17.8 Å². The third kappa shape index (κ3) is 1.58. The van der Waals surface area contributed by atoms with Crippen LogP contribution in [0, 0.1) is 0 Å². The monoisotopic (exact) mass is 190 g/mol. The first kappa shape index (κ1) is 9.06. The number of hydrogen-bond acceptors (Lipinski definition) is 2. The van der Waals surface area contributed by atoms with E-state index in [1.165, 1.54) is 11.1 Å². The Labute approximate surface area is 83.5 Å². The summed E-state index contributed by atoms with van der Waals surface area (Å²) >= 11 is 0. The molecule has 0 spiro atoms. The maximum absolute atomic E-state index is 11.2. The van der Waals surface area contributed by atoms with Gasteiger partial charge in [-0.3, -0.25) is 4.79 Å². The van der Waals surface area contributed by atoms with E-state index in [0.29, 0.717) is 6.54 Å². The summed E-state index contributed by atoms with van der Waals surface area (Å²) in [6.07, 6.45) is 0.940. The van der Waals surface area contributed by atoms with E-state index >= 15 is 0 Å². The number of amides is 1. The molecule has 0 radical (unpaired) electrons. The number of nitrogens with zero attached hydrogens (tertiary/aromatic N) is 1. The van der Waals surface area contributed by atoms with Crippen LogP contribution >= 0.6 is 0 Å². The quantitative estimate of drug-likeness (QED) is 0.624. The highest BCUT2D eigenvalue weighted by molar-refractivity contribution is 5.73. The summed E-state index contributed by atoms with van der Waals surface area (Å²) in [5.41, 5.74) is 8.98. The van der Waals surface area contributed by atoms with Gasteiger partial charge in [0.15, 0.2) is 0 Å². The molecule has 2 rings (SSSR count). The Hall–Kier alpha value is -1.51. The minimum Gasteiger partial charge on any atom is -0.399 e. The third-order valence-electron chi connectivity index (χ3n) is 2.69. The predicted octanol–water partition coefficient (Wildman–Crippen LogP) is 1.17. The lowest BCUT2D eigenvalue weighted by molar-refractivity contribution is -0.129. The lowest BCUT2D eigenvalue weighted by Gasteiger charge is -2.28. The lowest BCUT2D eigenvalue weighted by Crippen LogP contribution is -2.34. The minimum absolute atomic E-state index is 0.137. The van der Waals surface area contributed by atoms with Gasteiger partial charge >= 0.3 is 0 Å². The van der Waals surface area contributed by atoms with Crippen molar-refractivity contribution in [3.8, 4) is 0 Å². The Balaban J connectivity index is 2.29. The lowest BCUT2D eigenvalue weighted by atomic mass is 9.99. The van der Waals surface area contributed by atoms with Crippen LogP contribution in [0.1, 0.15) is 18.1 Å². The third-order valence-corrected chi connectivity index (χ3v) is 2.69. The zero-order chi connectivity index (χ0) is 10.1. The molecule has 1 amide bonds. The van der Waals surface area contributed by atoms with Crippen molar-refractivity contribution in [2.75, 3.05) is 12.3 Å². The minimum atomic E-state index is 0.137. The molecule has 1 aromatic rings. The van der Waals surface area contributed by atoms with Crippen LogP contribution in [0.15, 0.2) is 18.2 Å². The molecule has 74 valence electrons. The van der Waals surface area contributed by atoms with Crippen LogP contribution in [0.3, 0.4) is 0 Å². The van der Waals surface area contributed by atoms with Gasteiger partial charge in [-0.05, 0) is 29.7 Å². The average Bonchev–Trinajstić information content (AvgIpc) is 2.16. The van der Waals surface area contributed by atoms with Crippen LogP contribution in [0.25, 0.3) is 0 Å². The van der Waals surface area contributed by atoms with E-state index in [4.69, 9.17) is 5.73 Å². The van der Waals surface area contributed by atoms with Crippen molar-refractivity contribution in [1.82, 2.24) is 4.90 Å². The van der Waals surface area contributed by atoms with E-state index < -0.39 is 0 Å². The van der Waals surface area contributed by atoms with E-state index in [1.807, 2.05) is 17.0 Å². The summed E-state index contributed by atoms with van der Waals surface area (Å²) in [5.74, 6) is 0.137. The van der Waals surface area contributed by atoms with E-state index in [2.05, 4.69) is 6.07 Å². The molecule has 0 aliphatic carbocycles. The average molecular weight is 190 g/mol. The maximum atomic E-state index is 11.2. The number of hydrogen-bond donors (Lipinski definition) is 1. The molecule has 0 aromatic heterocycles. The fourth-order valence-corrected chi connectivity index (χ4v) is 1.85. The normalized spacial score (nSPS) is 15.1. The Morgan fingerprint density at radius 2 is 2.21 bits per heavy atom. The van der Waals surface area contributed by atoms with Gasteiger partial charge in [0.2, 0.25) is 5.91 Å². The van der Waals surface area contributed by atoms with Gasteiger partial charge < -0.3 is 10.6 Å². The fraction of sp³-hybridized carbons (Fsp3) is 0.364. The molecular weight excluding hydrogens is 176 g/mol. The molecule has 0 saturated heterocycles. The van der Waals surface area contributed by atoms with Crippen LogP contribution in [-0.4, -0.2) is 17.4 Å². The van der Waals surface area contributed by atoms with Gasteiger partial charge in [0.1, 0.15) is 0 Å². The first-order valence-electron chi connectivity index (χ1n) is 4.79. The molecule has 3 heteroatoms. The zero-order valence-electron chi connectivity index (χ0n) is 8.29. The molecule has 1 aliphatic rings. The van der Waals surface area contributed by atoms with Gasteiger partial charge in [-0.1, -0.05) is 6.07 Å². The van der Waals surface area contributed by atoms with Crippen LogP contribution in [0.5, 0.6) is 0 Å². The summed E-state index contributed by atoms with van der Waals surface area (Å²) in [7, 11) is 0. The molecule has 1 aliphatic heterocycles. The first-order chi connectivity index (χ1) is 6.66. The van der Waals surface area contributed by atoms with E-state index in [1.54, 1.807) is 6.92 Å². The Bertz CT molecular complexity index is 374. The highest BCUT2D eigenvalue weighted by Crippen LogP contribution is 2.21. The Kier molecular flexibility index (Phi) is 2.15. The van der Waals surface area contributed by atoms with Gasteiger partial charge in [0.05, 0.1) is 0 Å². The van der Waals surface area contributed by atoms with Crippen LogP contribution in [0.2, 0.25) is 0 Å². The summed E-state index contributed by atoms with van der Waals surface area (Å²) in [6.45, 7) is 3.14. The summed E-state index contributed by atoms with van der Waals surface area (Å²) in [5, 5.41) is 0. The number of carbonyl (C=O) groups is 1. The number of benzene rings is 1. The zero-order valence-corrected chi connectivity index (χ0v) is 8.29. The standard InChI is InChI=1S/C11H14N2O/c1-8(14)13-5-4-9-2-3-11(12)6-10(9)7-13/h2-3,6H,4-5,7,12H2,1H3. The first-order valence-corrected chi connectivity index (χ1v) is 4.79. The van der Waals surface area contributed by atoms with E-state index in [9.17, 15) is 4.79 Å². The second-order valence-electron chi connectivity index (χ2n) is 3.72. The molecule has 2 N–H and O–H groups in total. The van der Waals surface area contributed by atoms with E-state index in [-0.39, 0.29) is 5.91 Å². The predicted molar refractivity (Wildman–Crippen MR) is 55.6 cm³/mol. The molecule has 0 unspecified atom stereocenters. The van der Waals surface area contributed by atoms with Gasteiger partial charge in [0, 0.05) is 25.7 Å². The number of carbonyl (C=O) groups excluding carboxylic acids is 1. The SMILES string of the molecule is CC(=O)N1CCc2ccc(N)cc2C1. The van der Waals surface area contributed by atoms with E-state index in [0.717, 1.165) is 18.7 Å². The van der Waals surface area contributed by atoms with Crippen LogP contribution < -0.4 is 5.73 Å². The Morgan fingerprint density at radius 3 is 2.93 bits per heavy atom. The van der Waals surface area contributed by atoms with Crippen molar-refractivity contribution in [2.45, 2.75) is 19.9 Å². The number of fused-ring (bicyclic) bond motifs is 1. The Morgan fingerprint density at radius 1 is 1.43 bits per heavy atom. The van der Waals surface area contributed by atoms with Crippen molar-refractivity contribution in [2.24, 2.45) is 0 Å². The molecule has 0 fully saturated rings. The molecule has 0 saturated carbocycles. The van der Waals surface area contributed by atoms with Crippen molar-refractivity contribution in [3.05, 3.63) is 29.3 Å². The number of nitrogens with two attached hydrogens (primary N) is 1.